The summed E-state index contributed by atoms with van der Waals surface area (Å²) in [6, 6.07) is 4.82. The summed E-state index contributed by atoms with van der Waals surface area (Å²) in [5.41, 5.74) is -0.481. The average molecular weight is 342 g/mol. The first kappa shape index (κ1) is 17.9. The van der Waals surface area contributed by atoms with Gasteiger partial charge in [-0.05, 0) is 30.7 Å². The van der Waals surface area contributed by atoms with Crippen molar-refractivity contribution in [3.8, 4) is 0 Å². The van der Waals surface area contributed by atoms with E-state index in [1.165, 1.54) is 16.4 Å². The van der Waals surface area contributed by atoms with Crippen molar-refractivity contribution >= 4 is 15.9 Å². The molecule has 1 aromatic carbocycles. The molecule has 1 aromatic rings. The molecule has 1 aliphatic heterocycles. The minimum Gasteiger partial charge on any atom is -0.341 e. The van der Waals surface area contributed by atoms with Gasteiger partial charge in [-0.2, -0.15) is 4.31 Å². The van der Waals surface area contributed by atoms with E-state index >= 15 is 0 Å². The molecule has 0 atom stereocenters. The molecule has 23 heavy (non-hydrogen) atoms. The van der Waals surface area contributed by atoms with E-state index in [1.807, 2.05) is 20.8 Å². The van der Waals surface area contributed by atoms with Crippen molar-refractivity contribution in [2.45, 2.75) is 32.1 Å². The van der Waals surface area contributed by atoms with Gasteiger partial charge in [0.2, 0.25) is 15.9 Å². The van der Waals surface area contributed by atoms with Gasteiger partial charge in [0.25, 0.3) is 0 Å². The fourth-order valence-electron chi connectivity index (χ4n) is 2.57. The number of carbonyl (C=O) groups is 1. The molecule has 1 amide bonds. The van der Waals surface area contributed by atoms with Crippen LogP contribution in [0.1, 0.15) is 27.2 Å². The molecule has 7 heteroatoms. The summed E-state index contributed by atoms with van der Waals surface area (Å²) in [6.45, 7) is 7.09. The summed E-state index contributed by atoms with van der Waals surface area (Å²) in [6.07, 6.45) is 0.586. The molecule has 0 spiro atoms. The number of hydrogen-bond donors (Lipinski definition) is 0. The normalized spacial score (nSPS) is 17.8. The summed E-state index contributed by atoms with van der Waals surface area (Å²) in [4.78, 5) is 14.2. The fourth-order valence-corrected chi connectivity index (χ4v) is 4.04. The molecule has 0 radical (unpaired) electrons. The van der Waals surface area contributed by atoms with Gasteiger partial charge < -0.3 is 4.90 Å². The van der Waals surface area contributed by atoms with Crippen molar-refractivity contribution in [2.75, 3.05) is 26.2 Å². The van der Waals surface area contributed by atoms with Crippen LogP contribution in [0.15, 0.2) is 29.2 Å². The van der Waals surface area contributed by atoms with Crippen LogP contribution < -0.4 is 0 Å². The Morgan fingerprint density at radius 2 is 1.65 bits per heavy atom. The fraction of sp³-hybridized carbons (Fsp3) is 0.562. The van der Waals surface area contributed by atoms with E-state index in [4.69, 9.17) is 0 Å². The van der Waals surface area contributed by atoms with Crippen LogP contribution in [0.25, 0.3) is 0 Å². The minimum atomic E-state index is -3.66. The Balaban J connectivity index is 2.14. The van der Waals surface area contributed by atoms with Gasteiger partial charge in [-0.1, -0.05) is 20.8 Å². The molecule has 5 nitrogen and oxygen atoms in total. The van der Waals surface area contributed by atoms with E-state index in [0.717, 1.165) is 12.1 Å². The summed E-state index contributed by atoms with van der Waals surface area (Å²) in [5.74, 6) is -0.444. The molecule has 1 heterocycles. The number of sulfonamides is 1. The molecule has 0 aliphatic carbocycles. The zero-order chi connectivity index (χ0) is 17.3. The lowest BCUT2D eigenvalue weighted by Gasteiger charge is -2.28. The summed E-state index contributed by atoms with van der Waals surface area (Å²) >= 11 is 0. The SMILES string of the molecule is CC(C)(C)C(=O)N1CCCN(S(=O)(=O)c2ccc(F)cc2)CC1. The second kappa shape index (κ2) is 6.57. The van der Waals surface area contributed by atoms with E-state index in [2.05, 4.69) is 0 Å². The Bertz CT molecular complexity index is 666. The van der Waals surface area contributed by atoms with Crippen molar-refractivity contribution in [1.29, 1.82) is 0 Å². The van der Waals surface area contributed by atoms with Gasteiger partial charge in [0.15, 0.2) is 0 Å². The lowest BCUT2D eigenvalue weighted by molar-refractivity contribution is -0.139. The molecule has 1 saturated heterocycles. The van der Waals surface area contributed by atoms with E-state index in [9.17, 15) is 17.6 Å². The smallest absolute Gasteiger partial charge is 0.243 e. The third kappa shape index (κ3) is 4.09. The molecule has 0 N–H and O–H groups in total. The van der Waals surface area contributed by atoms with Crippen molar-refractivity contribution in [2.24, 2.45) is 5.41 Å². The number of halogens is 1. The van der Waals surface area contributed by atoms with Gasteiger partial charge in [0.05, 0.1) is 4.90 Å². The van der Waals surface area contributed by atoms with Crippen molar-refractivity contribution in [3.05, 3.63) is 30.1 Å². The monoisotopic (exact) mass is 342 g/mol. The Morgan fingerprint density at radius 3 is 2.22 bits per heavy atom. The van der Waals surface area contributed by atoms with E-state index in [1.54, 1.807) is 4.90 Å². The van der Waals surface area contributed by atoms with Gasteiger partial charge in [-0.3, -0.25) is 4.79 Å². The zero-order valence-corrected chi connectivity index (χ0v) is 14.6. The summed E-state index contributed by atoms with van der Waals surface area (Å²) in [5, 5.41) is 0. The number of hydrogen-bond acceptors (Lipinski definition) is 3. The van der Waals surface area contributed by atoms with Crippen LogP contribution in [-0.4, -0.2) is 49.7 Å². The van der Waals surface area contributed by atoms with Crippen molar-refractivity contribution in [3.63, 3.8) is 0 Å². The number of carbonyl (C=O) groups excluding carboxylic acids is 1. The summed E-state index contributed by atoms with van der Waals surface area (Å²) in [7, 11) is -3.66. The highest BCUT2D eigenvalue weighted by Gasteiger charge is 2.31. The van der Waals surface area contributed by atoms with Gasteiger partial charge in [-0.25, -0.2) is 12.8 Å². The van der Waals surface area contributed by atoms with Crippen LogP contribution in [-0.2, 0) is 14.8 Å². The molecule has 1 aliphatic rings. The van der Waals surface area contributed by atoms with Gasteiger partial charge in [-0.15, -0.1) is 0 Å². The van der Waals surface area contributed by atoms with Crippen molar-refractivity contribution < 1.29 is 17.6 Å². The molecule has 2 rings (SSSR count). The summed E-state index contributed by atoms with van der Waals surface area (Å²) < 4.78 is 39.6. The molecule has 128 valence electrons. The number of amides is 1. The first-order chi connectivity index (χ1) is 10.6. The van der Waals surface area contributed by atoms with E-state index in [0.29, 0.717) is 26.1 Å². The van der Waals surface area contributed by atoms with Crippen molar-refractivity contribution in [1.82, 2.24) is 9.21 Å². The lowest BCUT2D eigenvalue weighted by atomic mass is 9.94. The molecule has 0 unspecified atom stereocenters. The van der Waals surface area contributed by atoms with Gasteiger partial charge in [0, 0.05) is 31.6 Å². The first-order valence-corrected chi connectivity index (χ1v) is 9.11. The van der Waals surface area contributed by atoms with Crippen LogP contribution in [0.4, 0.5) is 4.39 Å². The average Bonchev–Trinajstić information content (AvgIpc) is 2.72. The second-order valence-electron chi connectivity index (χ2n) is 6.75. The molecular formula is C16H23FN2O3S. The Labute approximate surface area is 137 Å². The number of benzene rings is 1. The van der Waals surface area contributed by atoms with Crippen LogP contribution >= 0.6 is 0 Å². The highest BCUT2D eigenvalue weighted by molar-refractivity contribution is 7.89. The number of nitrogens with zero attached hydrogens (tertiary/aromatic N) is 2. The number of rotatable bonds is 2. The van der Waals surface area contributed by atoms with Crippen LogP contribution in [0.3, 0.4) is 0 Å². The zero-order valence-electron chi connectivity index (χ0n) is 13.8. The molecule has 0 bridgehead atoms. The predicted octanol–water partition coefficient (Wildman–Crippen LogP) is 2.09. The van der Waals surface area contributed by atoms with Crippen LogP contribution in [0, 0.1) is 11.2 Å². The predicted molar refractivity (Wildman–Crippen MR) is 85.8 cm³/mol. The molecule has 0 saturated carbocycles. The third-order valence-electron chi connectivity index (χ3n) is 3.84. The molecule has 1 fully saturated rings. The third-order valence-corrected chi connectivity index (χ3v) is 5.75. The maximum atomic E-state index is 13.0. The highest BCUT2D eigenvalue weighted by atomic mass is 32.2. The lowest BCUT2D eigenvalue weighted by Crippen LogP contribution is -2.42. The first-order valence-electron chi connectivity index (χ1n) is 7.67. The maximum Gasteiger partial charge on any atom is 0.243 e. The topological polar surface area (TPSA) is 57.7 Å². The highest BCUT2D eigenvalue weighted by Crippen LogP contribution is 2.21. The Hall–Kier alpha value is -1.47. The van der Waals surface area contributed by atoms with E-state index < -0.39 is 21.3 Å². The molecule has 0 aromatic heterocycles. The van der Waals surface area contributed by atoms with Crippen LogP contribution in [0.5, 0.6) is 0 Å². The van der Waals surface area contributed by atoms with Gasteiger partial charge in [0.1, 0.15) is 5.82 Å². The van der Waals surface area contributed by atoms with E-state index in [-0.39, 0.29) is 17.3 Å². The largest absolute Gasteiger partial charge is 0.341 e. The van der Waals surface area contributed by atoms with Crippen LogP contribution in [0.2, 0.25) is 0 Å². The molecular weight excluding hydrogens is 319 g/mol. The quantitative estimate of drug-likeness (QED) is 0.827. The minimum absolute atomic E-state index is 0.0264. The maximum absolute atomic E-state index is 13.0. The standard InChI is InChI=1S/C16H23FN2O3S/c1-16(2,3)15(20)18-9-4-10-19(12-11-18)23(21,22)14-7-5-13(17)6-8-14/h5-8H,4,9-12H2,1-3H3. The Kier molecular flexibility index (Phi) is 5.10. The second-order valence-corrected chi connectivity index (χ2v) is 8.69. The van der Waals surface area contributed by atoms with Gasteiger partial charge >= 0.3 is 0 Å². The Morgan fingerprint density at radius 1 is 1.04 bits per heavy atom.